The zero-order valence-electron chi connectivity index (χ0n) is 15.7. The number of nitrogens with zero attached hydrogens (tertiary/aromatic N) is 1. The molecule has 1 saturated heterocycles. The first-order valence-electron chi connectivity index (χ1n) is 9.42. The van der Waals surface area contributed by atoms with Gasteiger partial charge in [0.1, 0.15) is 0 Å². The lowest BCUT2D eigenvalue weighted by molar-refractivity contribution is -0.127. The molecule has 140 valence electrons. The van der Waals surface area contributed by atoms with Gasteiger partial charge in [0.05, 0.1) is 6.04 Å². The molecule has 4 nitrogen and oxygen atoms in total. The maximum atomic E-state index is 12.6. The fraction of sp³-hybridized carbons (Fsp3) is 0.364. The van der Waals surface area contributed by atoms with Crippen LogP contribution in [0.5, 0.6) is 0 Å². The molecule has 1 aromatic carbocycles. The molecular formula is C22H24N2O2S. The number of thioether (sulfide) groups is 1. The zero-order valence-corrected chi connectivity index (χ0v) is 16.5. The highest BCUT2D eigenvalue weighted by atomic mass is 32.2. The minimum atomic E-state index is 0.0116. The van der Waals surface area contributed by atoms with Crippen LogP contribution < -0.4 is 5.56 Å². The number of aromatic nitrogens is 1. The number of pyridine rings is 1. The summed E-state index contributed by atoms with van der Waals surface area (Å²) in [6, 6.07) is 12.4. The molecule has 1 aliphatic carbocycles. The van der Waals surface area contributed by atoms with Crippen molar-refractivity contribution in [1.29, 1.82) is 0 Å². The zero-order chi connectivity index (χ0) is 19.0. The van der Waals surface area contributed by atoms with Crippen molar-refractivity contribution in [3.63, 3.8) is 0 Å². The second-order valence-electron chi connectivity index (χ2n) is 7.35. The molecule has 0 bridgehead atoms. The first-order chi connectivity index (χ1) is 13.1. The Balaban J connectivity index is 1.76. The second kappa shape index (κ2) is 7.39. The molecule has 1 aliphatic heterocycles. The van der Waals surface area contributed by atoms with Crippen LogP contribution in [-0.4, -0.2) is 35.1 Å². The molecule has 2 fully saturated rings. The van der Waals surface area contributed by atoms with E-state index in [1.807, 2.05) is 19.2 Å². The number of likely N-dealkylation sites (N-methyl/N-ethyl adjacent to an activating group) is 1. The van der Waals surface area contributed by atoms with Crippen molar-refractivity contribution in [3.8, 4) is 0 Å². The molecule has 2 heterocycles. The summed E-state index contributed by atoms with van der Waals surface area (Å²) in [6.45, 7) is 0. The van der Waals surface area contributed by atoms with E-state index in [4.69, 9.17) is 0 Å². The largest absolute Gasteiger partial charge is 0.339 e. The molecule has 5 heteroatoms. The number of amides is 1. The Labute approximate surface area is 163 Å². The van der Waals surface area contributed by atoms with Crippen LogP contribution in [0.1, 0.15) is 48.4 Å². The topological polar surface area (TPSA) is 53.2 Å². The van der Waals surface area contributed by atoms with Crippen LogP contribution >= 0.6 is 11.8 Å². The molecule has 1 atom stereocenters. The highest BCUT2D eigenvalue weighted by Gasteiger charge is 2.28. The number of nitrogens with one attached hydrogen (secondary N) is 1. The van der Waals surface area contributed by atoms with Gasteiger partial charge in [-0.25, -0.2) is 0 Å². The van der Waals surface area contributed by atoms with Crippen molar-refractivity contribution in [2.75, 3.05) is 13.3 Å². The van der Waals surface area contributed by atoms with Gasteiger partial charge in [-0.2, -0.15) is 0 Å². The fourth-order valence-corrected chi connectivity index (χ4v) is 4.09. The highest BCUT2D eigenvalue weighted by Crippen LogP contribution is 2.38. The predicted octanol–water partition coefficient (Wildman–Crippen LogP) is 4.03. The van der Waals surface area contributed by atoms with Gasteiger partial charge in [-0.15, -0.1) is 11.8 Å². The van der Waals surface area contributed by atoms with Crippen molar-refractivity contribution in [3.05, 3.63) is 69.6 Å². The summed E-state index contributed by atoms with van der Waals surface area (Å²) in [5, 5.41) is 0. The average Bonchev–Trinajstić information content (AvgIpc) is 3.47. The Morgan fingerprint density at radius 2 is 1.85 bits per heavy atom. The summed E-state index contributed by atoms with van der Waals surface area (Å²) in [5.41, 5.74) is 3.75. The molecule has 1 saturated carbocycles. The van der Waals surface area contributed by atoms with E-state index < -0.39 is 0 Å². The van der Waals surface area contributed by atoms with E-state index in [0.29, 0.717) is 12.3 Å². The normalized spacial score (nSPS) is 20.4. The van der Waals surface area contributed by atoms with E-state index in [0.717, 1.165) is 41.7 Å². The van der Waals surface area contributed by atoms with Crippen LogP contribution in [0.3, 0.4) is 0 Å². The lowest BCUT2D eigenvalue weighted by Crippen LogP contribution is -2.27. The minimum absolute atomic E-state index is 0.0116. The highest BCUT2D eigenvalue weighted by molar-refractivity contribution is 7.98. The third kappa shape index (κ3) is 3.74. The van der Waals surface area contributed by atoms with Crippen molar-refractivity contribution in [2.24, 2.45) is 0 Å². The van der Waals surface area contributed by atoms with Gasteiger partial charge in [0.2, 0.25) is 5.91 Å². The molecule has 2 aliphatic rings. The van der Waals surface area contributed by atoms with E-state index in [9.17, 15) is 9.59 Å². The van der Waals surface area contributed by atoms with Gasteiger partial charge in [-0.3, -0.25) is 9.59 Å². The fourth-order valence-electron chi connectivity index (χ4n) is 3.68. The van der Waals surface area contributed by atoms with E-state index in [2.05, 4.69) is 41.6 Å². The third-order valence-corrected chi connectivity index (χ3v) is 6.30. The lowest BCUT2D eigenvalue weighted by Gasteiger charge is -2.19. The average molecular weight is 381 g/mol. The maximum absolute atomic E-state index is 12.6. The van der Waals surface area contributed by atoms with E-state index >= 15 is 0 Å². The van der Waals surface area contributed by atoms with Gasteiger partial charge in [0, 0.05) is 35.2 Å². The quantitative estimate of drug-likeness (QED) is 0.797. The minimum Gasteiger partial charge on any atom is -0.339 e. The SMILES string of the molecule is CSc1ccc(/C(=C\[C@H]2CCC(=O)N2C)c2ccc(C3CC3)c(=O)[nH]2)cc1. The van der Waals surface area contributed by atoms with Crippen LogP contribution in [-0.2, 0) is 4.79 Å². The maximum Gasteiger partial charge on any atom is 0.251 e. The Kier molecular flexibility index (Phi) is 4.96. The predicted molar refractivity (Wildman–Crippen MR) is 110 cm³/mol. The first kappa shape index (κ1) is 18.1. The molecule has 4 rings (SSSR count). The number of hydrogen-bond acceptors (Lipinski definition) is 3. The molecule has 1 amide bonds. The van der Waals surface area contributed by atoms with Crippen LogP contribution in [0, 0.1) is 0 Å². The van der Waals surface area contributed by atoms with Gasteiger partial charge < -0.3 is 9.88 Å². The summed E-state index contributed by atoms with van der Waals surface area (Å²) in [5.74, 6) is 0.598. The first-order valence-corrected chi connectivity index (χ1v) is 10.6. The Bertz CT molecular complexity index is 942. The lowest BCUT2D eigenvalue weighted by atomic mass is 9.98. The molecule has 1 N–H and O–H groups in total. The van der Waals surface area contributed by atoms with Gasteiger partial charge >= 0.3 is 0 Å². The smallest absolute Gasteiger partial charge is 0.251 e. The Hall–Kier alpha value is -2.27. The molecule has 27 heavy (non-hydrogen) atoms. The molecule has 0 spiro atoms. The van der Waals surface area contributed by atoms with E-state index in [1.54, 1.807) is 16.7 Å². The monoisotopic (exact) mass is 380 g/mol. The van der Waals surface area contributed by atoms with Crippen molar-refractivity contribution < 1.29 is 4.79 Å². The van der Waals surface area contributed by atoms with Crippen molar-refractivity contribution in [2.45, 2.75) is 42.5 Å². The van der Waals surface area contributed by atoms with Crippen LogP contribution in [0.2, 0.25) is 0 Å². The van der Waals surface area contributed by atoms with Crippen molar-refractivity contribution >= 4 is 23.2 Å². The van der Waals surface area contributed by atoms with Crippen LogP contribution in [0.15, 0.2) is 52.2 Å². The van der Waals surface area contributed by atoms with Gasteiger partial charge in [0.15, 0.2) is 0 Å². The number of rotatable bonds is 5. The summed E-state index contributed by atoms with van der Waals surface area (Å²) in [7, 11) is 1.85. The number of aromatic amines is 1. The van der Waals surface area contributed by atoms with Gasteiger partial charge in [-0.1, -0.05) is 24.3 Å². The number of H-pyrrole nitrogens is 1. The summed E-state index contributed by atoms with van der Waals surface area (Å²) < 4.78 is 0. The summed E-state index contributed by atoms with van der Waals surface area (Å²) >= 11 is 1.70. The van der Waals surface area contributed by atoms with Crippen LogP contribution in [0.25, 0.3) is 5.57 Å². The number of carbonyl (C=O) groups is 1. The van der Waals surface area contributed by atoms with Crippen molar-refractivity contribution in [1.82, 2.24) is 9.88 Å². The molecule has 0 radical (unpaired) electrons. The van der Waals surface area contributed by atoms with Gasteiger partial charge in [-0.05, 0) is 55.2 Å². The molecular weight excluding hydrogens is 356 g/mol. The number of hydrogen-bond donors (Lipinski definition) is 1. The van der Waals surface area contributed by atoms with Gasteiger partial charge in [0.25, 0.3) is 5.56 Å². The van der Waals surface area contributed by atoms with E-state index in [-0.39, 0.29) is 17.5 Å². The molecule has 1 aromatic heterocycles. The second-order valence-corrected chi connectivity index (χ2v) is 8.23. The number of likely N-dealkylation sites (tertiary alicyclic amines) is 1. The number of carbonyl (C=O) groups excluding carboxylic acids is 1. The molecule has 0 unspecified atom stereocenters. The summed E-state index contributed by atoms with van der Waals surface area (Å²) in [6.07, 6.45) is 7.78. The van der Waals surface area contributed by atoms with E-state index in [1.165, 1.54) is 4.90 Å². The Morgan fingerprint density at radius 3 is 2.41 bits per heavy atom. The summed E-state index contributed by atoms with van der Waals surface area (Å²) in [4.78, 5) is 30.6. The molecule has 2 aromatic rings. The Morgan fingerprint density at radius 1 is 1.11 bits per heavy atom. The standard InChI is InChI=1S/C22H24N2O2S/c1-24-16(7-12-21(24)25)13-19(15-5-8-17(27-2)9-6-15)20-11-10-18(14-3-4-14)22(26)23-20/h5-6,8-11,13-14,16H,3-4,7,12H2,1-2H3,(H,23,26)/b19-13+/t16-/m1/s1. The number of benzene rings is 1. The third-order valence-electron chi connectivity index (χ3n) is 5.55. The van der Waals surface area contributed by atoms with Crippen LogP contribution in [0.4, 0.5) is 0 Å².